The van der Waals surface area contributed by atoms with E-state index >= 15 is 0 Å². The third-order valence-electron chi connectivity index (χ3n) is 5.93. The number of amides is 2. The van der Waals surface area contributed by atoms with E-state index in [4.69, 9.17) is 9.47 Å². The predicted molar refractivity (Wildman–Crippen MR) is 143 cm³/mol. The van der Waals surface area contributed by atoms with Crippen LogP contribution in [0.5, 0.6) is 0 Å². The van der Waals surface area contributed by atoms with Crippen LogP contribution in [0.3, 0.4) is 0 Å². The summed E-state index contributed by atoms with van der Waals surface area (Å²) in [6.45, 7) is 4.36. The second-order valence-corrected chi connectivity index (χ2v) is 11.3. The second-order valence-electron chi connectivity index (χ2n) is 8.52. The number of methoxy groups -OCH3 is 1. The van der Waals surface area contributed by atoms with Crippen molar-refractivity contribution in [1.29, 1.82) is 0 Å². The van der Waals surface area contributed by atoms with E-state index in [2.05, 4.69) is 10.0 Å². The van der Waals surface area contributed by atoms with Crippen LogP contribution in [0.2, 0.25) is 0 Å². The molecule has 2 N–H and O–H groups in total. The number of hydrogen-bond donors (Lipinski definition) is 2. The number of fused-ring (bicyclic) bond motifs is 1. The number of thiophene rings is 1. The van der Waals surface area contributed by atoms with Crippen molar-refractivity contribution in [2.24, 2.45) is 0 Å². The van der Waals surface area contributed by atoms with E-state index < -0.39 is 28.0 Å². The Morgan fingerprint density at radius 2 is 1.74 bits per heavy atom. The van der Waals surface area contributed by atoms with Gasteiger partial charge in [0.15, 0.2) is 0 Å². The normalized spacial score (nSPS) is 12.9. The second kappa shape index (κ2) is 11.2. The van der Waals surface area contributed by atoms with Crippen LogP contribution in [0.1, 0.15) is 43.6 Å². The zero-order valence-corrected chi connectivity index (χ0v) is 22.7. The number of hydrogen-bond acceptors (Lipinski definition) is 8. The molecule has 0 radical (unpaired) electrons. The summed E-state index contributed by atoms with van der Waals surface area (Å²) < 4.78 is 37.8. The van der Waals surface area contributed by atoms with Crippen LogP contribution in [0.15, 0.2) is 53.4 Å². The Labute approximate surface area is 224 Å². The van der Waals surface area contributed by atoms with E-state index in [1.807, 2.05) is 6.92 Å². The molecule has 3 aromatic rings. The van der Waals surface area contributed by atoms with Gasteiger partial charge in [-0.1, -0.05) is 17.7 Å². The van der Waals surface area contributed by atoms with Gasteiger partial charge in [-0.3, -0.25) is 9.52 Å². The maximum Gasteiger partial charge on any atom is 0.409 e. The molecule has 0 saturated carbocycles. The summed E-state index contributed by atoms with van der Waals surface area (Å²) in [5, 5.41) is 3.11. The van der Waals surface area contributed by atoms with Gasteiger partial charge in [-0.25, -0.2) is 18.0 Å². The molecule has 0 fully saturated rings. The molecule has 1 aromatic heterocycles. The van der Waals surface area contributed by atoms with Crippen LogP contribution in [-0.2, 0) is 32.5 Å². The Morgan fingerprint density at radius 1 is 1.05 bits per heavy atom. The average molecular weight is 558 g/mol. The summed E-state index contributed by atoms with van der Waals surface area (Å²) in [6, 6.07) is 12.4. The van der Waals surface area contributed by atoms with E-state index in [9.17, 15) is 22.8 Å². The minimum absolute atomic E-state index is 0.129. The monoisotopic (exact) mass is 557 g/mol. The van der Waals surface area contributed by atoms with E-state index in [0.29, 0.717) is 23.7 Å². The van der Waals surface area contributed by atoms with Gasteiger partial charge < -0.3 is 19.7 Å². The van der Waals surface area contributed by atoms with Crippen molar-refractivity contribution in [2.45, 2.75) is 31.7 Å². The molecule has 0 spiro atoms. The van der Waals surface area contributed by atoms with Gasteiger partial charge in [-0.15, -0.1) is 11.3 Å². The Hall–Kier alpha value is -3.90. The number of rotatable bonds is 7. The smallest absolute Gasteiger partial charge is 0.409 e. The molecular formula is C26H27N3O7S2. The Bertz CT molecular complexity index is 1460. The standard InChI is InChI=1S/C26H27N3O7S2/c1-4-36-25(31)22-20-13-14-29(26(32)35-3)15-21(20)37-24(22)27-23(30)17-7-9-18(10-8-17)28-38(33,34)19-11-5-16(2)6-12-19/h5-12,28H,4,13-15H2,1-3H3,(H,27,30). The molecule has 1 aliphatic rings. The third-order valence-corrected chi connectivity index (χ3v) is 8.46. The van der Waals surface area contributed by atoms with Crippen molar-refractivity contribution in [2.75, 3.05) is 30.3 Å². The first kappa shape index (κ1) is 27.1. The first-order chi connectivity index (χ1) is 18.1. The zero-order chi connectivity index (χ0) is 27.4. The number of sulfonamides is 1. The molecule has 0 atom stereocenters. The molecule has 2 aromatic carbocycles. The topological polar surface area (TPSA) is 131 Å². The highest BCUT2D eigenvalue weighted by Crippen LogP contribution is 2.38. The minimum Gasteiger partial charge on any atom is -0.462 e. The lowest BCUT2D eigenvalue weighted by Gasteiger charge is -2.25. The van der Waals surface area contributed by atoms with E-state index in [-0.39, 0.29) is 29.2 Å². The lowest BCUT2D eigenvalue weighted by molar-refractivity contribution is 0.0526. The number of nitrogens with one attached hydrogen (secondary N) is 2. The SMILES string of the molecule is CCOC(=O)c1c(NC(=O)c2ccc(NS(=O)(=O)c3ccc(C)cc3)cc2)sc2c1CCN(C(=O)OC)C2. The molecule has 0 aliphatic carbocycles. The van der Waals surface area contributed by atoms with Crippen LogP contribution in [0.4, 0.5) is 15.5 Å². The quantitative estimate of drug-likeness (QED) is 0.412. The first-order valence-corrected chi connectivity index (χ1v) is 14.1. The largest absolute Gasteiger partial charge is 0.462 e. The van der Waals surface area contributed by atoms with Gasteiger partial charge in [0, 0.05) is 22.7 Å². The molecule has 0 saturated heterocycles. The van der Waals surface area contributed by atoms with E-state index in [1.165, 1.54) is 59.7 Å². The van der Waals surface area contributed by atoms with Gasteiger partial charge in [-0.05, 0) is 62.2 Å². The molecule has 10 nitrogen and oxygen atoms in total. The number of nitrogens with zero attached hydrogens (tertiary/aromatic N) is 1. The molecule has 2 amide bonds. The van der Waals surface area contributed by atoms with E-state index in [0.717, 1.165) is 16.0 Å². The third kappa shape index (κ3) is 5.81. The molecular weight excluding hydrogens is 530 g/mol. The van der Waals surface area contributed by atoms with Crippen LogP contribution >= 0.6 is 11.3 Å². The van der Waals surface area contributed by atoms with Crippen molar-refractivity contribution in [3.05, 3.63) is 75.7 Å². The zero-order valence-electron chi connectivity index (χ0n) is 21.1. The van der Waals surface area contributed by atoms with E-state index in [1.54, 1.807) is 19.1 Å². The van der Waals surface area contributed by atoms with Gasteiger partial charge in [0.25, 0.3) is 15.9 Å². The summed E-state index contributed by atoms with van der Waals surface area (Å²) in [5.41, 5.74) is 2.53. The number of ether oxygens (including phenoxy) is 2. The number of aryl methyl sites for hydroxylation is 1. The molecule has 2 heterocycles. The Kier molecular flexibility index (Phi) is 8.02. The Balaban J connectivity index is 1.53. The van der Waals surface area contributed by atoms with Crippen molar-refractivity contribution < 1.29 is 32.3 Å². The maximum absolute atomic E-state index is 13.0. The van der Waals surface area contributed by atoms with Crippen molar-refractivity contribution in [3.8, 4) is 0 Å². The van der Waals surface area contributed by atoms with Gasteiger partial charge in [0.2, 0.25) is 0 Å². The van der Waals surface area contributed by atoms with Gasteiger partial charge >= 0.3 is 12.1 Å². The molecule has 38 heavy (non-hydrogen) atoms. The number of carbonyl (C=O) groups is 3. The molecule has 200 valence electrons. The first-order valence-electron chi connectivity index (χ1n) is 11.8. The Morgan fingerprint density at radius 3 is 2.37 bits per heavy atom. The molecule has 0 unspecified atom stereocenters. The molecule has 4 rings (SSSR count). The average Bonchev–Trinajstić information content (AvgIpc) is 3.25. The van der Waals surface area contributed by atoms with Gasteiger partial charge in [0.1, 0.15) is 5.00 Å². The fourth-order valence-electron chi connectivity index (χ4n) is 3.99. The maximum atomic E-state index is 13.0. The van der Waals surface area contributed by atoms with Crippen LogP contribution in [-0.4, -0.2) is 51.5 Å². The number of esters is 1. The fraction of sp³-hybridized carbons (Fsp3) is 0.269. The van der Waals surface area contributed by atoms with Crippen molar-refractivity contribution in [1.82, 2.24) is 4.90 Å². The van der Waals surface area contributed by atoms with Crippen LogP contribution < -0.4 is 10.0 Å². The summed E-state index contributed by atoms with van der Waals surface area (Å²) in [4.78, 5) is 40.2. The molecule has 12 heteroatoms. The minimum atomic E-state index is -3.78. The van der Waals surface area contributed by atoms with Crippen molar-refractivity contribution >= 4 is 50.0 Å². The predicted octanol–water partition coefficient (Wildman–Crippen LogP) is 4.41. The lowest BCUT2D eigenvalue weighted by atomic mass is 10.0. The summed E-state index contributed by atoms with van der Waals surface area (Å²) in [6.07, 6.45) is -0.0498. The summed E-state index contributed by atoms with van der Waals surface area (Å²) in [5.74, 6) is -1.03. The highest BCUT2D eigenvalue weighted by atomic mass is 32.2. The van der Waals surface area contributed by atoms with Crippen LogP contribution in [0.25, 0.3) is 0 Å². The van der Waals surface area contributed by atoms with Gasteiger partial charge in [-0.2, -0.15) is 0 Å². The lowest BCUT2D eigenvalue weighted by Crippen LogP contribution is -2.35. The molecule has 1 aliphatic heterocycles. The highest BCUT2D eigenvalue weighted by Gasteiger charge is 2.31. The van der Waals surface area contributed by atoms with Crippen LogP contribution in [0, 0.1) is 6.92 Å². The summed E-state index contributed by atoms with van der Waals surface area (Å²) >= 11 is 1.21. The number of anilines is 2. The fourth-order valence-corrected chi connectivity index (χ4v) is 6.30. The number of carbonyl (C=O) groups excluding carboxylic acids is 3. The number of benzene rings is 2. The molecule has 0 bridgehead atoms. The summed E-state index contributed by atoms with van der Waals surface area (Å²) in [7, 11) is -2.48. The van der Waals surface area contributed by atoms with Crippen molar-refractivity contribution in [3.63, 3.8) is 0 Å². The highest BCUT2D eigenvalue weighted by molar-refractivity contribution is 7.92. The van der Waals surface area contributed by atoms with Gasteiger partial charge in [0.05, 0.1) is 30.7 Å².